The molecule has 6 amide bonds. The van der Waals surface area contributed by atoms with Crippen LogP contribution >= 0.6 is 0 Å². The van der Waals surface area contributed by atoms with Crippen LogP contribution in [0, 0.1) is 5.92 Å². The summed E-state index contributed by atoms with van der Waals surface area (Å²) in [5, 5.41) is 35.9. The van der Waals surface area contributed by atoms with Crippen molar-refractivity contribution in [3.05, 3.63) is 0 Å². The van der Waals surface area contributed by atoms with Gasteiger partial charge in [0.2, 0.25) is 35.4 Å². The van der Waals surface area contributed by atoms with Crippen LogP contribution in [0.2, 0.25) is 0 Å². The van der Waals surface area contributed by atoms with Crippen molar-refractivity contribution in [2.24, 2.45) is 17.4 Å². The van der Waals surface area contributed by atoms with E-state index in [9.17, 15) is 53.7 Å². The number of carboxylic acids is 2. The van der Waals surface area contributed by atoms with Crippen molar-refractivity contribution < 1.29 is 53.7 Å². The van der Waals surface area contributed by atoms with E-state index < -0.39 is 103 Å². The van der Waals surface area contributed by atoms with Gasteiger partial charge in [-0.3, -0.25) is 33.6 Å². The van der Waals surface area contributed by atoms with Crippen LogP contribution in [0.5, 0.6) is 0 Å². The van der Waals surface area contributed by atoms with Crippen molar-refractivity contribution in [2.75, 3.05) is 19.7 Å². The molecule has 2 heterocycles. The van der Waals surface area contributed by atoms with E-state index in [0.717, 1.165) is 4.90 Å². The number of aliphatic hydroxyl groups is 1. The van der Waals surface area contributed by atoms with Crippen molar-refractivity contribution in [1.82, 2.24) is 25.8 Å². The Morgan fingerprint density at radius 3 is 1.87 bits per heavy atom. The van der Waals surface area contributed by atoms with Gasteiger partial charge in [-0.2, -0.15) is 0 Å². The number of carbonyl (C=O) groups is 8. The molecule has 46 heavy (non-hydrogen) atoms. The highest BCUT2D eigenvalue weighted by atomic mass is 16.4. The minimum absolute atomic E-state index is 0.0492. The zero-order chi connectivity index (χ0) is 34.7. The molecular weight excluding hydrogens is 610 g/mol. The molecule has 2 aliphatic heterocycles. The summed E-state index contributed by atoms with van der Waals surface area (Å²) in [4.78, 5) is 102. The second-order valence-electron chi connectivity index (χ2n) is 11.9. The number of carbonyl (C=O) groups excluding carboxylic acids is 6. The molecule has 2 rings (SSSR count). The maximum absolute atomic E-state index is 13.4. The second-order valence-corrected chi connectivity index (χ2v) is 11.9. The molecule has 2 aliphatic rings. The lowest BCUT2D eigenvalue weighted by atomic mass is 10.0. The van der Waals surface area contributed by atoms with Crippen LogP contribution in [0.3, 0.4) is 0 Å². The van der Waals surface area contributed by atoms with Gasteiger partial charge in [0.05, 0.1) is 19.1 Å². The molecule has 0 radical (unpaired) electrons. The summed E-state index contributed by atoms with van der Waals surface area (Å²) in [6.45, 7) is 2.91. The molecule has 0 aromatic carbocycles. The van der Waals surface area contributed by atoms with Gasteiger partial charge in [0.25, 0.3) is 0 Å². The third-order valence-electron chi connectivity index (χ3n) is 7.81. The summed E-state index contributed by atoms with van der Waals surface area (Å²) < 4.78 is 0. The van der Waals surface area contributed by atoms with Gasteiger partial charge < -0.3 is 52.5 Å². The number of primary amides is 1. The molecule has 0 aromatic heterocycles. The molecule has 0 saturated carbocycles. The number of amides is 6. The molecule has 2 saturated heterocycles. The topological polar surface area (TPSA) is 292 Å². The highest BCUT2D eigenvalue weighted by molar-refractivity contribution is 5.97. The Morgan fingerprint density at radius 2 is 1.35 bits per heavy atom. The van der Waals surface area contributed by atoms with Gasteiger partial charge >= 0.3 is 11.9 Å². The first-order valence-electron chi connectivity index (χ1n) is 15.2. The molecule has 0 spiro atoms. The number of aliphatic hydroxyl groups excluding tert-OH is 1. The lowest BCUT2D eigenvalue weighted by Crippen LogP contribution is -2.60. The van der Waals surface area contributed by atoms with E-state index in [1.54, 1.807) is 13.8 Å². The number of nitrogens with one attached hydrogen (secondary N) is 3. The predicted molar refractivity (Wildman–Crippen MR) is 158 cm³/mol. The second kappa shape index (κ2) is 17.4. The Balaban J connectivity index is 2.16. The number of hydrogen-bond donors (Lipinski definition) is 8. The molecule has 2 fully saturated rings. The SMILES string of the molecule is CC(C)C[C@H](NC(=O)[C@H](CO)NC(=O)[C@@H]1CCCN1C(=O)[C@@H](N)CC(N)=O)C(=O)N[C@@H](CCC(=O)O)C(=O)N1CCC[C@H]1C(=O)O. The van der Waals surface area contributed by atoms with Crippen molar-refractivity contribution in [3.63, 3.8) is 0 Å². The van der Waals surface area contributed by atoms with E-state index in [-0.39, 0.29) is 44.7 Å². The minimum Gasteiger partial charge on any atom is -0.481 e. The lowest BCUT2D eigenvalue weighted by molar-refractivity contribution is -0.150. The van der Waals surface area contributed by atoms with Gasteiger partial charge in [-0.15, -0.1) is 0 Å². The highest BCUT2D eigenvalue weighted by Crippen LogP contribution is 2.21. The van der Waals surface area contributed by atoms with E-state index in [1.807, 2.05) is 0 Å². The third kappa shape index (κ3) is 10.6. The van der Waals surface area contributed by atoms with E-state index in [2.05, 4.69) is 16.0 Å². The smallest absolute Gasteiger partial charge is 0.326 e. The van der Waals surface area contributed by atoms with Gasteiger partial charge in [0.1, 0.15) is 30.2 Å². The number of aliphatic carboxylic acids is 2. The lowest BCUT2D eigenvalue weighted by Gasteiger charge is -2.30. The number of carboxylic acid groups (broad SMARTS) is 2. The molecule has 0 aliphatic carbocycles. The average Bonchev–Trinajstić information content (AvgIpc) is 3.66. The standard InChI is InChI=1S/C28H45N7O11/c1-14(2)11-17(23(40)31-16(7-8-22(38)39)27(44)35-10-4-6-20(35)28(45)46)32-24(41)18(13-36)33-25(42)19-5-3-9-34(19)26(43)15(29)12-21(30)37/h14-20,36H,3-13,29H2,1-2H3,(H2,30,37)(H,31,40)(H,32,41)(H,33,42)(H,38,39)(H,45,46)/t15-,16-,17-,18-,19-,20-/m0/s1. The molecule has 0 unspecified atom stereocenters. The van der Waals surface area contributed by atoms with E-state index in [0.29, 0.717) is 12.8 Å². The van der Waals surface area contributed by atoms with Crippen molar-refractivity contribution in [2.45, 2.75) is 101 Å². The van der Waals surface area contributed by atoms with E-state index in [4.69, 9.17) is 11.5 Å². The fourth-order valence-corrected chi connectivity index (χ4v) is 5.54. The molecule has 0 bridgehead atoms. The van der Waals surface area contributed by atoms with Gasteiger partial charge in [-0.1, -0.05) is 13.8 Å². The highest BCUT2D eigenvalue weighted by Gasteiger charge is 2.40. The van der Waals surface area contributed by atoms with E-state index >= 15 is 0 Å². The Kier molecular flexibility index (Phi) is 14.3. The van der Waals surface area contributed by atoms with Gasteiger partial charge in [0, 0.05) is 19.5 Å². The fraction of sp³-hybridized carbons (Fsp3) is 0.714. The van der Waals surface area contributed by atoms with E-state index in [1.165, 1.54) is 4.90 Å². The molecular formula is C28H45N7O11. The maximum Gasteiger partial charge on any atom is 0.326 e. The van der Waals surface area contributed by atoms with Crippen LogP contribution in [-0.2, 0) is 38.4 Å². The molecule has 258 valence electrons. The number of nitrogens with zero attached hydrogens (tertiary/aromatic N) is 2. The summed E-state index contributed by atoms with van der Waals surface area (Å²) in [5.41, 5.74) is 10.9. The number of rotatable bonds is 17. The Morgan fingerprint density at radius 1 is 0.804 bits per heavy atom. The zero-order valence-electron chi connectivity index (χ0n) is 26.0. The largest absolute Gasteiger partial charge is 0.481 e. The first-order valence-corrected chi connectivity index (χ1v) is 15.2. The summed E-state index contributed by atoms with van der Waals surface area (Å²) in [6.07, 6.45) is 0.0652. The molecule has 10 N–H and O–H groups in total. The van der Waals surface area contributed by atoms with Crippen molar-refractivity contribution in [3.8, 4) is 0 Å². The molecule has 0 aromatic rings. The van der Waals surface area contributed by atoms with Crippen LogP contribution in [-0.4, -0.2) is 128 Å². The number of nitrogens with two attached hydrogens (primary N) is 2. The summed E-state index contributed by atoms with van der Waals surface area (Å²) in [6, 6.07) is -7.65. The third-order valence-corrected chi connectivity index (χ3v) is 7.81. The monoisotopic (exact) mass is 655 g/mol. The Bertz CT molecular complexity index is 1180. The van der Waals surface area contributed by atoms with Crippen molar-refractivity contribution >= 4 is 47.4 Å². The van der Waals surface area contributed by atoms with Crippen LogP contribution in [0.25, 0.3) is 0 Å². The quantitative estimate of drug-likeness (QED) is 0.0761. The summed E-state index contributed by atoms with van der Waals surface area (Å²) >= 11 is 0. The first-order chi connectivity index (χ1) is 21.6. The summed E-state index contributed by atoms with van der Waals surface area (Å²) in [7, 11) is 0. The number of likely N-dealkylation sites (tertiary alicyclic amines) is 2. The maximum atomic E-state index is 13.4. The normalized spacial score (nSPS) is 20.4. The summed E-state index contributed by atoms with van der Waals surface area (Å²) in [5.74, 6) is -7.45. The predicted octanol–water partition coefficient (Wildman–Crippen LogP) is -3.39. The first kappa shape index (κ1) is 37.9. The molecule has 18 nitrogen and oxygen atoms in total. The van der Waals surface area contributed by atoms with Crippen LogP contribution in [0.4, 0.5) is 0 Å². The van der Waals surface area contributed by atoms with Gasteiger partial charge in [-0.25, -0.2) is 4.79 Å². The van der Waals surface area contributed by atoms with Crippen LogP contribution < -0.4 is 27.4 Å². The minimum atomic E-state index is -1.54. The molecule has 18 heteroatoms. The Hall–Kier alpha value is -4.32. The average molecular weight is 656 g/mol. The Labute approximate surface area is 265 Å². The van der Waals surface area contributed by atoms with Gasteiger partial charge in [0.15, 0.2) is 0 Å². The van der Waals surface area contributed by atoms with Gasteiger partial charge in [-0.05, 0) is 44.4 Å². The van der Waals surface area contributed by atoms with Crippen LogP contribution in [0.15, 0.2) is 0 Å². The van der Waals surface area contributed by atoms with Crippen LogP contribution in [0.1, 0.15) is 65.2 Å². The molecule has 6 atom stereocenters. The zero-order valence-corrected chi connectivity index (χ0v) is 26.0. The van der Waals surface area contributed by atoms with Crippen molar-refractivity contribution in [1.29, 1.82) is 0 Å². The fourth-order valence-electron chi connectivity index (χ4n) is 5.54. The number of hydrogen-bond acceptors (Lipinski definition) is 10.